The van der Waals surface area contributed by atoms with Crippen LogP contribution in [0.25, 0.3) is 0 Å². The number of guanidine groups is 1. The molecule has 0 bridgehead atoms. The van der Waals surface area contributed by atoms with Crippen molar-refractivity contribution >= 4 is 11.9 Å². The third-order valence-electron chi connectivity index (χ3n) is 6.62. The quantitative estimate of drug-likeness (QED) is 0.537. The van der Waals surface area contributed by atoms with Crippen molar-refractivity contribution in [3.05, 3.63) is 35.9 Å². The molecule has 0 radical (unpaired) electrons. The highest BCUT2D eigenvalue weighted by atomic mass is 16.5. The molecule has 7 heteroatoms. The lowest BCUT2D eigenvalue weighted by molar-refractivity contribution is -0.120. The number of hydrogen-bond donors (Lipinski definition) is 2. The number of benzene rings is 1. The second kappa shape index (κ2) is 11.0. The summed E-state index contributed by atoms with van der Waals surface area (Å²) in [6, 6.07) is 11.3. The summed E-state index contributed by atoms with van der Waals surface area (Å²) in [7, 11) is 0. The van der Waals surface area contributed by atoms with Gasteiger partial charge in [-0.05, 0) is 25.3 Å². The number of carbonyl (C=O) groups is 1. The third kappa shape index (κ3) is 5.98. The van der Waals surface area contributed by atoms with Gasteiger partial charge in [-0.25, -0.2) is 4.99 Å². The Morgan fingerprint density at radius 1 is 1.16 bits per heavy atom. The van der Waals surface area contributed by atoms with Gasteiger partial charge in [0.1, 0.15) is 6.54 Å². The topological polar surface area (TPSA) is 69.2 Å². The lowest BCUT2D eigenvalue weighted by Crippen LogP contribution is -2.50. The van der Waals surface area contributed by atoms with E-state index >= 15 is 0 Å². The minimum absolute atomic E-state index is 0.0286. The van der Waals surface area contributed by atoms with E-state index in [0.29, 0.717) is 12.1 Å². The molecule has 2 aliphatic heterocycles. The summed E-state index contributed by atoms with van der Waals surface area (Å²) < 4.78 is 6.11. The zero-order valence-corrected chi connectivity index (χ0v) is 18.8. The van der Waals surface area contributed by atoms with Crippen LogP contribution in [-0.2, 0) is 16.1 Å². The maximum atomic E-state index is 12.4. The molecule has 2 N–H and O–H groups in total. The van der Waals surface area contributed by atoms with Gasteiger partial charge in [0.15, 0.2) is 5.96 Å². The minimum Gasteiger partial charge on any atom is -0.373 e. The molecular weight excluding hydrogens is 390 g/mol. The molecule has 31 heavy (non-hydrogen) atoms. The summed E-state index contributed by atoms with van der Waals surface area (Å²) >= 11 is 0. The first-order valence-electron chi connectivity index (χ1n) is 11.9. The molecule has 2 unspecified atom stereocenters. The summed E-state index contributed by atoms with van der Waals surface area (Å²) in [5.74, 6) is 0.847. The predicted molar refractivity (Wildman–Crippen MR) is 123 cm³/mol. The molecule has 2 atom stereocenters. The SMILES string of the molecule is CCNC(=NCC(=O)NC1CCCCC1)N1CC2OCCN(Cc3ccccc3)C2C1. The maximum Gasteiger partial charge on any atom is 0.242 e. The molecule has 3 aliphatic rings. The van der Waals surface area contributed by atoms with Gasteiger partial charge < -0.3 is 20.3 Å². The number of fused-ring (bicyclic) bond motifs is 1. The maximum absolute atomic E-state index is 12.4. The lowest BCUT2D eigenvalue weighted by Gasteiger charge is -2.36. The van der Waals surface area contributed by atoms with Gasteiger partial charge in [0.2, 0.25) is 5.91 Å². The molecule has 7 nitrogen and oxygen atoms in total. The molecule has 170 valence electrons. The molecular formula is C24H37N5O2. The number of amides is 1. The van der Waals surface area contributed by atoms with Gasteiger partial charge >= 0.3 is 0 Å². The first kappa shape index (κ1) is 22.1. The van der Waals surface area contributed by atoms with Gasteiger partial charge in [0.25, 0.3) is 0 Å². The fourth-order valence-electron chi connectivity index (χ4n) is 5.04. The van der Waals surface area contributed by atoms with Crippen molar-refractivity contribution in [2.45, 2.75) is 63.8 Å². The van der Waals surface area contributed by atoms with Gasteiger partial charge in [-0.2, -0.15) is 0 Å². The molecule has 4 rings (SSSR count). The van der Waals surface area contributed by atoms with Crippen molar-refractivity contribution in [1.29, 1.82) is 0 Å². The number of likely N-dealkylation sites (tertiary alicyclic amines) is 1. The first-order valence-corrected chi connectivity index (χ1v) is 11.9. The average Bonchev–Trinajstić information content (AvgIpc) is 3.23. The summed E-state index contributed by atoms with van der Waals surface area (Å²) in [5, 5.41) is 6.55. The van der Waals surface area contributed by atoms with Gasteiger partial charge in [-0.1, -0.05) is 49.6 Å². The van der Waals surface area contributed by atoms with E-state index in [4.69, 9.17) is 4.74 Å². The smallest absolute Gasteiger partial charge is 0.242 e. The Balaban J connectivity index is 1.36. The molecule has 1 aromatic carbocycles. The molecule has 1 amide bonds. The zero-order valence-electron chi connectivity index (χ0n) is 18.8. The summed E-state index contributed by atoms with van der Waals surface area (Å²) in [5.41, 5.74) is 1.33. The second-order valence-corrected chi connectivity index (χ2v) is 8.91. The Bertz CT molecular complexity index is 735. The van der Waals surface area contributed by atoms with Crippen LogP contribution in [0.3, 0.4) is 0 Å². The highest BCUT2D eigenvalue weighted by Crippen LogP contribution is 2.24. The fourth-order valence-corrected chi connectivity index (χ4v) is 5.04. The standard InChI is InChI=1S/C24H37N5O2/c1-2-25-24(26-15-23(30)27-20-11-7-4-8-12-20)29-17-21-22(18-29)31-14-13-28(21)16-19-9-5-3-6-10-19/h3,5-6,9-10,20-22H,2,4,7-8,11-18H2,1H3,(H,25,26)(H,27,30). The van der Waals surface area contributed by atoms with E-state index in [2.05, 4.69) is 62.7 Å². The van der Waals surface area contributed by atoms with Gasteiger partial charge in [0, 0.05) is 38.8 Å². The zero-order chi connectivity index (χ0) is 21.5. The predicted octanol–water partition coefficient (Wildman–Crippen LogP) is 1.99. The monoisotopic (exact) mass is 427 g/mol. The van der Waals surface area contributed by atoms with Gasteiger partial charge in [-0.15, -0.1) is 0 Å². The normalized spacial score (nSPS) is 25.3. The molecule has 1 aliphatic carbocycles. The van der Waals surface area contributed by atoms with Crippen LogP contribution in [0.1, 0.15) is 44.6 Å². The highest BCUT2D eigenvalue weighted by molar-refractivity contribution is 5.85. The summed E-state index contributed by atoms with van der Waals surface area (Å²) in [4.78, 5) is 21.9. The Hall–Kier alpha value is -2.12. The number of aliphatic imine (C=N–C) groups is 1. The molecule has 2 heterocycles. The van der Waals surface area contributed by atoms with Crippen molar-refractivity contribution in [2.24, 2.45) is 4.99 Å². The van der Waals surface area contributed by atoms with Gasteiger partial charge in [-0.3, -0.25) is 9.69 Å². The van der Waals surface area contributed by atoms with Crippen LogP contribution in [0.2, 0.25) is 0 Å². The van der Waals surface area contributed by atoms with Crippen LogP contribution >= 0.6 is 0 Å². The number of nitrogens with one attached hydrogen (secondary N) is 2. The molecule has 2 saturated heterocycles. The number of carbonyl (C=O) groups excluding carboxylic acids is 1. The van der Waals surface area contributed by atoms with Crippen molar-refractivity contribution in [3.8, 4) is 0 Å². The number of ether oxygens (including phenoxy) is 1. The average molecular weight is 428 g/mol. The van der Waals surface area contributed by atoms with Gasteiger partial charge in [0.05, 0.1) is 18.8 Å². The second-order valence-electron chi connectivity index (χ2n) is 8.91. The van der Waals surface area contributed by atoms with E-state index < -0.39 is 0 Å². The van der Waals surface area contributed by atoms with Crippen molar-refractivity contribution in [2.75, 3.05) is 39.3 Å². The first-order chi connectivity index (χ1) is 15.2. The number of morpholine rings is 1. The summed E-state index contributed by atoms with van der Waals surface area (Å²) in [6.45, 7) is 7.36. The van der Waals surface area contributed by atoms with E-state index in [-0.39, 0.29) is 18.6 Å². The highest BCUT2D eigenvalue weighted by Gasteiger charge is 2.41. The van der Waals surface area contributed by atoms with Crippen LogP contribution < -0.4 is 10.6 Å². The number of rotatable bonds is 6. The van der Waals surface area contributed by atoms with Crippen LogP contribution in [0.4, 0.5) is 0 Å². The number of hydrogen-bond acceptors (Lipinski definition) is 4. The largest absolute Gasteiger partial charge is 0.373 e. The van der Waals surface area contributed by atoms with E-state index in [1.165, 1.54) is 24.8 Å². The Kier molecular flexibility index (Phi) is 7.81. The van der Waals surface area contributed by atoms with Crippen molar-refractivity contribution < 1.29 is 9.53 Å². The Morgan fingerprint density at radius 2 is 1.97 bits per heavy atom. The van der Waals surface area contributed by atoms with Crippen LogP contribution in [-0.4, -0.2) is 79.2 Å². The van der Waals surface area contributed by atoms with Crippen LogP contribution in [0.5, 0.6) is 0 Å². The minimum atomic E-state index is 0.0286. The van der Waals surface area contributed by atoms with E-state index in [1.807, 2.05) is 0 Å². The Labute approximate surface area is 186 Å². The van der Waals surface area contributed by atoms with Crippen molar-refractivity contribution in [3.63, 3.8) is 0 Å². The van der Waals surface area contributed by atoms with E-state index in [1.54, 1.807) is 0 Å². The fraction of sp³-hybridized carbons (Fsp3) is 0.667. The number of nitrogens with zero attached hydrogens (tertiary/aromatic N) is 3. The Morgan fingerprint density at radius 3 is 2.74 bits per heavy atom. The van der Waals surface area contributed by atoms with Crippen molar-refractivity contribution in [1.82, 2.24) is 20.4 Å². The van der Waals surface area contributed by atoms with Crippen LogP contribution in [0, 0.1) is 0 Å². The van der Waals surface area contributed by atoms with E-state index in [0.717, 1.165) is 58.1 Å². The molecule has 3 fully saturated rings. The van der Waals surface area contributed by atoms with E-state index in [9.17, 15) is 4.79 Å². The third-order valence-corrected chi connectivity index (χ3v) is 6.62. The molecule has 0 spiro atoms. The molecule has 1 aromatic rings. The lowest BCUT2D eigenvalue weighted by atomic mass is 9.95. The molecule has 0 aromatic heterocycles. The van der Waals surface area contributed by atoms with Crippen LogP contribution in [0.15, 0.2) is 35.3 Å². The summed E-state index contributed by atoms with van der Waals surface area (Å²) in [6.07, 6.45) is 6.09. The molecule has 1 saturated carbocycles.